The normalized spacial score (nSPS) is 28.7. The Labute approximate surface area is 115 Å². The molecule has 0 spiro atoms. The van der Waals surface area contributed by atoms with Crippen molar-refractivity contribution in [3.05, 3.63) is 29.8 Å². The van der Waals surface area contributed by atoms with Crippen molar-refractivity contribution in [3.63, 3.8) is 0 Å². The molecule has 2 atom stereocenters. The van der Waals surface area contributed by atoms with Gasteiger partial charge >= 0.3 is 0 Å². The van der Waals surface area contributed by atoms with Gasteiger partial charge in [0.1, 0.15) is 11.4 Å². The zero-order chi connectivity index (χ0) is 13.3. The molecule has 1 aromatic rings. The van der Waals surface area contributed by atoms with E-state index < -0.39 is 0 Å². The lowest BCUT2D eigenvalue weighted by molar-refractivity contribution is 0.0466. The Hall–Kier alpha value is -1.06. The van der Waals surface area contributed by atoms with Gasteiger partial charge in [-0.2, -0.15) is 0 Å². The maximum Gasteiger partial charge on any atom is 0.125 e. The van der Waals surface area contributed by atoms with Gasteiger partial charge in [-0.1, -0.05) is 18.2 Å². The van der Waals surface area contributed by atoms with Crippen molar-refractivity contribution in [1.82, 2.24) is 5.32 Å². The molecule has 0 saturated carbocycles. The van der Waals surface area contributed by atoms with Crippen LogP contribution in [-0.4, -0.2) is 25.4 Å². The van der Waals surface area contributed by atoms with Crippen molar-refractivity contribution in [1.29, 1.82) is 0 Å². The summed E-state index contributed by atoms with van der Waals surface area (Å²) >= 11 is 0. The van der Waals surface area contributed by atoms with E-state index in [0.29, 0.717) is 5.92 Å². The first-order valence-corrected chi connectivity index (χ1v) is 7.26. The number of rotatable bonds is 3. The second-order valence-electron chi connectivity index (χ2n) is 6.17. The molecule has 1 aromatic carbocycles. The monoisotopic (exact) mass is 261 g/mol. The first-order chi connectivity index (χ1) is 9.17. The average molecular weight is 261 g/mol. The van der Waals surface area contributed by atoms with E-state index in [0.717, 1.165) is 25.5 Å². The third kappa shape index (κ3) is 2.63. The third-order valence-electron chi connectivity index (χ3n) is 4.16. The molecule has 1 N–H and O–H groups in total. The van der Waals surface area contributed by atoms with E-state index in [4.69, 9.17) is 9.47 Å². The van der Waals surface area contributed by atoms with E-state index in [1.807, 2.05) is 6.07 Å². The molecule has 1 fully saturated rings. The minimum Gasteiger partial charge on any atom is -0.486 e. The molecule has 0 aliphatic carbocycles. The van der Waals surface area contributed by atoms with Crippen LogP contribution in [0.25, 0.3) is 0 Å². The summed E-state index contributed by atoms with van der Waals surface area (Å²) in [6.07, 6.45) is 2.45. The van der Waals surface area contributed by atoms with Crippen molar-refractivity contribution in [3.8, 4) is 5.75 Å². The number of nitrogens with one attached hydrogen (secondary N) is 1. The summed E-state index contributed by atoms with van der Waals surface area (Å²) in [5.41, 5.74) is 1.10. The summed E-state index contributed by atoms with van der Waals surface area (Å²) < 4.78 is 11.6. The summed E-state index contributed by atoms with van der Waals surface area (Å²) in [5, 5.41) is 3.69. The number of hydrogen-bond acceptors (Lipinski definition) is 3. The summed E-state index contributed by atoms with van der Waals surface area (Å²) in [4.78, 5) is 0. The lowest BCUT2D eigenvalue weighted by Gasteiger charge is -2.30. The van der Waals surface area contributed by atoms with Crippen LogP contribution in [0.4, 0.5) is 0 Å². The van der Waals surface area contributed by atoms with Gasteiger partial charge in [0.25, 0.3) is 0 Å². The Morgan fingerprint density at radius 1 is 1.32 bits per heavy atom. The molecule has 2 aliphatic heterocycles. The van der Waals surface area contributed by atoms with E-state index in [1.54, 1.807) is 0 Å². The van der Waals surface area contributed by atoms with Crippen LogP contribution in [0.15, 0.2) is 24.3 Å². The Morgan fingerprint density at radius 3 is 2.95 bits per heavy atom. The molecule has 3 nitrogen and oxygen atoms in total. The highest BCUT2D eigenvalue weighted by Gasteiger charge is 2.40. The lowest BCUT2D eigenvalue weighted by Crippen LogP contribution is -2.42. The molecule has 2 heterocycles. The smallest absolute Gasteiger partial charge is 0.125 e. The van der Waals surface area contributed by atoms with Crippen molar-refractivity contribution in [2.45, 2.75) is 38.3 Å². The van der Waals surface area contributed by atoms with Gasteiger partial charge in [0.2, 0.25) is 0 Å². The van der Waals surface area contributed by atoms with Crippen LogP contribution in [0.2, 0.25) is 0 Å². The van der Waals surface area contributed by atoms with Crippen LogP contribution in [0.5, 0.6) is 5.75 Å². The molecule has 104 valence electrons. The standard InChI is InChI=1S/C16H23NO2/c1-16(2)15(13-7-3-4-8-14(13)19-16)17-10-12-6-5-9-18-11-12/h3-4,7-8,12,15,17H,5-6,9-11H2,1-2H3. The van der Waals surface area contributed by atoms with E-state index in [1.165, 1.54) is 18.4 Å². The highest BCUT2D eigenvalue weighted by Crippen LogP contribution is 2.42. The van der Waals surface area contributed by atoms with Crippen molar-refractivity contribution >= 4 is 0 Å². The fourth-order valence-corrected chi connectivity index (χ4v) is 3.14. The molecular weight excluding hydrogens is 238 g/mol. The minimum atomic E-state index is -0.181. The van der Waals surface area contributed by atoms with Gasteiger partial charge in [-0.05, 0) is 38.7 Å². The van der Waals surface area contributed by atoms with Crippen molar-refractivity contribution in [2.75, 3.05) is 19.8 Å². The largest absolute Gasteiger partial charge is 0.486 e. The Bertz CT molecular complexity index is 438. The topological polar surface area (TPSA) is 30.5 Å². The van der Waals surface area contributed by atoms with Crippen molar-refractivity contribution in [2.24, 2.45) is 5.92 Å². The fraction of sp³-hybridized carbons (Fsp3) is 0.625. The highest BCUT2D eigenvalue weighted by molar-refractivity contribution is 5.42. The zero-order valence-electron chi connectivity index (χ0n) is 11.8. The van der Waals surface area contributed by atoms with Gasteiger partial charge in [-0.25, -0.2) is 0 Å². The molecule has 0 bridgehead atoms. The predicted octanol–water partition coefficient (Wildman–Crippen LogP) is 2.91. The number of fused-ring (bicyclic) bond motifs is 1. The highest BCUT2D eigenvalue weighted by atomic mass is 16.5. The molecule has 2 unspecified atom stereocenters. The first-order valence-electron chi connectivity index (χ1n) is 7.26. The molecule has 0 amide bonds. The molecule has 2 aliphatic rings. The zero-order valence-corrected chi connectivity index (χ0v) is 11.8. The van der Waals surface area contributed by atoms with Gasteiger partial charge < -0.3 is 14.8 Å². The summed E-state index contributed by atoms with van der Waals surface area (Å²) in [7, 11) is 0. The molecule has 3 rings (SSSR count). The number of ether oxygens (including phenoxy) is 2. The van der Waals surface area contributed by atoms with Gasteiger partial charge in [0.15, 0.2) is 0 Å². The molecular formula is C16H23NO2. The fourth-order valence-electron chi connectivity index (χ4n) is 3.14. The summed E-state index contributed by atoms with van der Waals surface area (Å²) in [6.45, 7) is 7.13. The van der Waals surface area contributed by atoms with E-state index >= 15 is 0 Å². The molecule has 0 aromatic heterocycles. The first kappa shape index (κ1) is 12.9. The van der Waals surface area contributed by atoms with Gasteiger partial charge in [0, 0.05) is 18.7 Å². The van der Waals surface area contributed by atoms with Gasteiger partial charge in [-0.3, -0.25) is 0 Å². The summed E-state index contributed by atoms with van der Waals surface area (Å²) in [5.74, 6) is 1.65. The predicted molar refractivity (Wildman–Crippen MR) is 75.4 cm³/mol. The van der Waals surface area contributed by atoms with Crippen LogP contribution in [0.3, 0.4) is 0 Å². The quantitative estimate of drug-likeness (QED) is 0.907. The molecule has 1 saturated heterocycles. The van der Waals surface area contributed by atoms with E-state index in [2.05, 4.69) is 37.4 Å². The second kappa shape index (κ2) is 5.14. The maximum absolute atomic E-state index is 6.05. The Kier molecular flexibility index (Phi) is 3.50. The van der Waals surface area contributed by atoms with Crippen LogP contribution < -0.4 is 10.1 Å². The second-order valence-corrected chi connectivity index (χ2v) is 6.17. The van der Waals surface area contributed by atoms with Crippen LogP contribution in [0.1, 0.15) is 38.3 Å². The lowest BCUT2D eigenvalue weighted by atomic mass is 9.93. The Morgan fingerprint density at radius 2 is 2.16 bits per heavy atom. The maximum atomic E-state index is 6.05. The average Bonchev–Trinajstić information content (AvgIpc) is 2.67. The van der Waals surface area contributed by atoms with Crippen LogP contribution >= 0.6 is 0 Å². The molecule has 19 heavy (non-hydrogen) atoms. The van der Waals surface area contributed by atoms with Crippen LogP contribution in [-0.2, 0) is 4.74 Å². The van der Waals surface area contributed by atoms with E-state index in [-0.39, 0.29) is 11.6 Å². The number of benzene rings is 1. The van der Waals surface area contributed by atoms with Gasteiger partial charge in [-0.15, -0.1) is 0 Å². The minimum absolute atomic E-state index is 0.181. The third-order valence-corrected chi connectivity index (χ3v) is 4.16. The van der Waals surface area contributed by atoms with E-state index in [9.17, 15) is 0 Å². The van der Waals surface area contributed by atoms with Gasteiger partial charge in [0.05, 0.1) is 12.6 Å². The van der Waals surface area contributed by atoms with Crippen molar-refractivity contribution < 1.29 is 9.47 Å². The molecule has 0 radical (unpaired) electrons. The summed E-state index contributed by atoms with van der Waals surface area (Å²) in [6, 6.07) is 8.61. The SMILES string of the molecule is CC1(C)Oc2ccccc2C1NCC1CCCOC1. The molecule has 3 heteroatoms. The number of para-hydroxylation sites is 1. The van der Waals surface area contributed by atoms with Crippen LogP contribution in [0, 0.1) is 5.92 Å². The Balaban J connectivity index is 1.68. The number of hydrogen-bond donors (Lipinski definition) is 1.